The van der Waals surface area contributed by atoms with Crippen LogP contribution >= 0.6 is 0 Å². The molecule has 2 aromatic heterocycles. The SMILES string of the molecule is O=c1ccc(-c2ccncc2)nn1CC1CCN(CC2COCCOC2)CC1. The largest absolute Gasteiger partial charge is 0.379 e. The number of nitrogens with zero attached hydrogens (tertiary/aromatic N) is 4. The first-order chi connectivity index (χ1) is 13.8. The van der Waals surface area contributed by atoms with E-state index in [0.717, 1.165) is 56.9 Å². The second kappa shape index (κ2) is 9.41. The molecule has 2 aliphatic heterocycles. The molecule has 28 heavy (non-hydrogen) atoms. The topological polar surface area (TPSA) is 69.5 Å². The summed E-state index contributed by atoms with van der Waals surface area (Å²) in [7, 11) is 0. The monoisotopic (exact) mass is 384 g/mol. The van der Waals surface area contributed by atoms with Gasteiger partial charge in [0.1, 0.15) is 0 Å². The minimum absolute atomic E-state index is 0.0343. The van der Waals surface area contributed by atoms with E-state index in [4.69, 9.17) is 9.47 Å². The number of piperidine rings is 1. The van der Waals surface area contributed by atoms with E-state index < -0.39 is 0 Å². The van der Waals surface area contributed by atoms with Crippen molar-refractivity contribution < 1.29 is 9.47 Å². The van der Waals surface area contributed by atoms with E-state index in [1.54, 1.807) is 29.2 Å². The zero-order chi connectivity index (χ0) is 19.2. The first-order valence-corrected chi connectivity index (χ1v) is 10.1. The number of hydrogen-bond acceptors (Lipinski definition) is 6. The highest BCUT2D eigenvalue weighted by atomic mass is 16.5. The highest BCUT2D eigenvalue weighted by Crippen LogP contribution is 2.20. The summed E-state index contributed by atoms with van der Waals surface area (Å²) in [6.45, 7) is 6.82. The van der Waals surface area contributed by atoms with Crippen molar-refractivity contribution in [3.8, 4) is 11.3 Å². The summed E-state index contributed by atoms with van der Waals surface area (Å²) in [4.78, 5) is 18.8. The molecule has 0 aromatic carbocycles. The van der Waals surface area contributed by atoms with Crippen LogP contribution in [0.25, 0.3) is 11.3 Å². The molecule has 0 atom stereocenters. The molecular weight excluding hydrogens is 356 g/mol. The minimum Gasteiger partial charge on any atom is -0.379 e. The molecule has 0 unspecified atom stereocenters. The van der Waals surface area contributed by atoms with Crippen molar-refractivity contribution in [2.75, 3.05) is 46.1 Å². The highest BCUT2D eigenvalue weighted by molar-refractivity contribution is 5.56. The summed E-state index contributed by atoms with van der Waals surface area (Å²) >= 11 is 0. The smallest absolute Gasteiger partial charge is 0.266 e. The Morgan fingerprint density at radius 3 is 2.36 bits per heavy atom. The fraction of sp³-hybridized carbons (Fsp3) is 0.571. The quantitative estimate of drug-likeness (QED) is 0.781. The molecule has 2 aliphatic rings. The molecule has 2 saturated heterocycles. The summed E-state index contributed by atoms with van der Waals surface area (Å²) in [5.41, 5.74) is 1.76. The third kappa shape index (κ3) is 5.04. The zero-order valence-electron chi connectivity index (χ0n) is 16.2. The van der Waals surface area contributed by atoms with E-state index >= 15 is 0 Å². The molecule has 2 fully saturated rings. The summed E-state index contributed by atoms with van der Waals surface area (Å²) in [5, 5.41) is 4.59. The third-order valence-electron chi connectivity index (χ3n) is 5.58. The van der Waals surface area contributed by atoms with Gasteiger partial charge in [0, 0.05) is 43.0 Å². The predicted octanol–water partition coefficient (Wildman–Crippen LogP) is 1.68. The van der Waals surface area contributed by atoms with Gasteiger partial charge in [-0.2, -0.15) is 5.10 Å². The van der Waals surface area contributed by atoms with Crippen LogP contribution in [0.5, 0.6) is 0 Å². The minimum atomic E-state index is -0.0343. The van der Waals surface area contributed by atoms with E-state index in [0.29, 0.717) is 31.6 Å². The van der Waals surface area contributed by atoms with Crippen molar-refractivity contribution in [2.24, 2.45) is 11.8 Å². The van der Waals surface area contributed by atoms with Crippen molar-refractivity contribution in [3.05, 3.63) is 47.0 Å². The number of likely N-dealkylation sites (tertiary alicyclic amines) is 1. The summed E-state index contributed by atoms with van der Waals surface area (Å²) in [6, 6.07) is 7.23. The lowest BCUT2D eigenvalue weighted by atomic mass is 9.96. The van der Waals surface area contributed by atoms with Crippen LogP contribution in [0.15, 0.2) is 41.5 Å². The Hall–Kier alpha value is -2.09. The average molecular weight is 384 g/mol. The van der Waals surface area contributed by atoms with Gasteiger partial charge in [-0.1, -0.05) is 0 Å². The van der Waals surface area contributed by atoms with Gasteiger partial charge in [0.2, 0.25) is 0 Å². The van der Waals surface area contributed by atoms with Crippen molar-refractivity contribution in [1.29, 1.82) is 0 Å². The average Bonchev–Trinajstić information content (AvgIpc) is 3.00. The standard InChI is InChI=1S/C21H28N4O3/c26-21-2-1-20(19-3-7-22-8-4-19)23-25(21)14-17-5-9-24(10-6-17)13-18-15-27-11-12-28-16-18/h1-4,7-8,17-18H,5-6,9-16H2. The molecule has 4 heterocycles. The summed E-state index contributed by atoms with van der Waals surface area (Å²) in [5.74, 6) is 0.941. The summed E-state index contributed by atoms with van der Waals surface area (Å²) in [6.07, 6.45) is 5.66. The molecule has 0 N–H and O–H groups in total. The van der Waals surface area contributed by atoms with Crippen molar-refractivity contribution in [1.82, 2.24) is 19.7 Å². The van der Waals surface area contributed by atoms with Gasteiger partial charge in [0.05, 0.1) is 32.1 Å². The van der Waals surface area contributed by atoms with Gasteiger partial charge in [-0.3, -0.25) is 9.78 Å². The number of aromatic nitrogens is 3. The van der Waals surface area contributed by atoms with Gasteiger partial charge in [0.15, 0.2) is 0 Å². The number of pyridine rings is 1. The molecule has 7 heteroatoms. The second-order valence-corrected chi connectivity index (χ2v) is 7.73. The molecule has 0 amide bonds. The van der Waals surface area contributed by atoms with E-state index in [1.165, 1.54) is 0 Å². The second-order valence-electron chi connectivity index (χ2n) is 7.73. The lowest BCUT2D eigenvalue weighted by Gasteiger charge is -2.33. The maximum absolute atomic E-state index is 12.3. The third-order valence-corrected chi connectivity index (χ3v) is 5.58. The van der Waals surface area contributed by atoms with Crippen LogP contribution in [0.3, 0.4) is 0 Å². The first kappa shape index (κ1) is 19.2. The lowest BCUT2D eigenvalue weighted by Crippen LogP contribution is -2.40. The molecule has 150 valence electrons. The van der Waals surface area contributed by atoms with Crippen LogP contribution in [-0.4, -0.2) is 65.7 Å². The molecule has 0 saturated carbocycles. The van der Waals surface area contributed by atoms with Crippen LogP contribution in [-0.2, 0) is 16.0 Å². The molecule has 4 rings (SSSR count). The van der Waals surface area contributed by atoms with Crippen molar-refractivity contribution in [2.45, 2.75) is 19.4 Å². The summed E-state index contributed by atoms with van der Waals surface area (Å²) < 4.78 is 12.8. The molecular formula is C21H28N4O3. The molecule has 0 radical (unpaired) electrons. The van der Waals surface area contributed by atoms with Gasteiger partial charge in [-0.05, 0) is 50.0 Å². The van der Waals surface area contributed by atoms with Gasteiger partial charge in [-0.25, -0.2) is 4.68 Å². The number of hydrogen-bond donors (Lipinski definition) is 0. The maximum atomic E-state index is 12.3. The Labute approximate surface area is 165 Å². The van der Waals surface area contributed by atoms with Crippen LogP contribution in [0.1, 0.15) is 12.8 Å². The Morgan fingerprint density at radius 1 is 0.929 bits per heavy atom. The van der Waals surface area contributed by atoms with Gasteiger partial charge in [0.25, 0.3) is 5.56 Å². The fourth-order valence-electron chi connectivity index (χ4n) is 3.99. The van der Waals surface area contributed by atoms with Gasteiger partial charge < -0.3 is 14.4 Å². The Balaban J connectivity index is 1.33. The number of ether oxygens (including phenoxy) is 2. The first-order valence-electron chi connectivity index (χ1n) is 10.1. The van der Waals surface area contributed by atoms with E-state index in [1.807, 2.05) is 12.1 Å². The molecule has 0 bridgehead atoms. The van der Waals surface area contributed by atoms with Crippen LogP contribution in [0.4, 0.5) is 0 Å². The predicted molar refractivity (Wildman–Crippen MR) is 106 cm³/mol. The molecule has 2 aromatic rings. The Kier molecular flexibility index (Phi) is 6.46. The van der Waals surface area contributed by atoms with Crippen molar-refractivity contribution >= 4 is 0 Å². The van der Waals surface area contributed by atoms with Crippen molar-refractivity contribution in [3.63, 3.8) is 0 Å². The maximum Gasteiger partial charge on any atom is 0.266 e. The molecule has 7 nitrogen and oxygen atoms in total. The van der Waals surface area contributed by atoms with Crippen LogP contribution in [0.2, 0.25) is 0 Å². The Bertz CT molecular complexity index is 795. The van der Waals surface area contributed by atoms with Gasteiger partial charge in [-0.15, -0.1) is 0 Å². The normalized spacial score (nSPS) is 20.1. The van der Waals surface area contributed by atoms with Crippen LogP contribution < -0.4 is 5.56 Å². The van der Waals surface area contributed by atoms with Gasteiger partial charge >= 0.3 is 0 Å². The lowest BCUT2D eigenvalue weighted by molar-refractivity contribution is 0.0850. The fourth-order valence-corrected chi connectivity index (χ4v) is 3.99. The van der Waals surface area contributed by atoms with E-state index in [9.17, 15) is 4.79 Å². The zero-order valence-corrected chi connectivity index (χ0v) is 16.2. The van der Waals surface area contributed by atoms with E-state index in [-0.39, 0.29) is 5.56 Å². The highest BCUT2D eigenvalue weighted by Gasteiger charge is 2.23. The Morgan fingerprint density at radius 2 is 1.64 bits per heavy atom. The molecule has 0 aliphatic carbocycles. The van der Waals surface area contributed by atoms with Crippen LogP contribution in [0, 0.1) is 11.8 Å². The number of rotatable bonds is 5. The molecule has 0 spiro atoms. The van der Waals surface area contributed by atoms with E-state index in [2.05, 4.69) is 15.0 Å².